The Morgan fingerprint density at radius 3 is 2.50 bits per heavy atom. The summed E-state index contributed by atoms with van der Waals surface area (Å²) in [6.07, 6.45) is -0.106. The van der Waals surface area contributed by atoms with E-state index in [4.69, 9.17) is 9.15 Å². The molecule has 2 rings (SSSR count). The molecule has 0 N–H and O–H groups in total. The maximum Gasteiger partial charge on any atom is 0.433 e. The number of furan rings is 1. The Hall–Kier alpha value is -1.89. The third-order valence-corrected chi connectivity index (χ3v) is 2.69. The second kappa shape index (κ2) is 4.77. The van der Waals surface area contributed by atoms with Gasteiger partial charge in [-0.2, -0.15) is 0 Å². The molecule has 0 bridgehead atoms. The minimum Gasteiger partial charge on any atom is -0.395 e. The molecular weight excluding hydrogens is 240 g/mol. The van der Waals surface area contributed by atoms with Crippen LogP contribution in [-0.2, 0) is 4.74 Å². The predicted molar refractivity (Wildman–Crippen MR) is 61.3 cm³/mol. The Kier molecular flexibility index (Phi) is 3.33. The number of ether oxygens (including phenoxy) is 1. The highest BCUT2D eigenvalue weighted by Crippen LogP contribution is 2.19. The molecule has 1 aliphatic heterocycles. The van der Waals surface area contributed by atoms with E-state index in [-0.39, 0.29) is 23.9 Å². The van der Waals surface area contributed by atoms with Gasteiger partial charge in [0, 0.05) is 13.1 Å². The van der Waals surface area contributed by atoms with Crippen molar-refractivity contribution in [3.05, 3.63) is 28.0 Å². The Morgan fingerprint density at radius 2 is 2.00 bits per heavy atom. The summed E-state index contributed by atoms with van der Waals surface area (Å²) in [6, 6.07) is 2.51. The van der Waals surface area contributed by atoms with E-state index in [0.29, 0.717) is 13.1 Å². The number of carbonyl (C=O) groups excluding carboxylic acids is 1. The van der Waals surface area contributed by atoms with Crippen LogP contribution in [0.5, 0.6) is 0 Å². The lowest BCUT2D eigenvalue weighted by molar-refractivity contribution is -0.402. The van der Waals surface area contributed by atoms with Crippen molar-refractivity contribution in [2.45, 2.75) is 26.1 Å². The second-order valence-corrected chi connectivity index (χ2v) is 4.36. The molecule has 1 amide bonds. The minimum absolute atomic E-state index is 0.0111. The summed E-state index contributed by atoms with van der Waals surface area (Å²) in [5.74, 6) is -0.777. The van der Waals surface area contributed by atoms with Crippen molar-refractivity contribution in [3.8, 4) is 0 Å². The first-order valence-electron chi connectivity index (χ1n) is 5.66. The average Bonchev–Trinajstić information content (AvgIpc) is 2.75. The van der Waals surface area contributed by atoms with E-state index in [1.807, 2.05) is 13.8 Å². The quantitative estimate of drug-likeness (QED) is 0.588. The Balaban J connectivity index is 2.12. The van der Waals surface area contributed by atoms with Gasteiger partial charge in [0.05, 0.1) is 18.3 Å². The van der Waals surface area contributed by atoms with Crippen molar-refractivity contribution in [1.82, 2.24) is 4.90 Å². The number of hydrogen-bond donors (Lipinski definition) is 0. The lowest BCUT2D eigenvalue weighted by atomic mass is 10.2. The highest BCUT2D eigenvalue weighted by Gasteiger charge is 2.29. The molecule has 0 radical (unpaired) electrons. The molecule has 1 aliphatic rings. The van der Waals surface area contributed by atoms with Crippen LogP contribution in [-0.4, -0.2) is 41.0 Å². The van der Waals surface area contributed by atoms with Crippen LogP contribution in [0.4, 0.5) is 5.88 Å². The topological polar surface area (TPSA) is 85.8 Å². The normalized spacial score (nSPS) is 24.0. The minimum atomic E-state index is -0.665. The van der Waals surface area contributed by atoms with E-state index in [2.05, 4.69) is 0 Å². The summed E-state index contributed by atoms with van der Waals surface area (Å²) in [6.45, 7) is 4.66. The van der Waals surface area contributed by atoms with Gasteiger partial charge in [-0.1, -0.05) is 0 Å². The molecule has 98 valence electrons. The fraction of sp³-hybridized carbons (Fsp3) is 0.545. The van der Waals surface area contributed by atoms with Crippen molar-refractivity contribution in [2.75, 3.05) is 13.1 Å². The molecular formula is C11H14N2O5. The molecule has 0 aliphatic carbocycles. The zero-order valence-electron chi connectivity index (χ0n) is 10.2. The van der Waals surface area contributed by atoms with E-state index < -0.39 is 10.8 Å². The Morgan fingerprint density at radius 1 is 1.39 bits per heavy atom. The van der Waals surface area contributed by atoms with E-state index >= 15 is 0 Å². The third kappa shape index (κ3) is 2.51. The van der Waals surface area contributed by atoms with Crippen LogP contribution in [0.2, 0.25) is 0 Å². The summed E-state index contributed by atoms with van der Waals surface area (Å²) in [5, 5.41) is 10.5. The van der Waals surface area contributed by atoms with E-state index in [1.165, 1.54) is 12.1 Å². The second-order valence-electron chi connectivity index (χ2n) is 4.36. The summed E-state index contributed by atoms with van der Waals surface area (Å²) >= 11 is 0. The first kappa shape index (κ1) is 12.6. The van der Waals surface area contributed by atoms with Crippen molar-refractivity contribution < 1.29 is 18.9 Å². The van der Waals surface area contributed by atoms with Crippen LogP contribution < -0.4 is 0 Å². The summed E-state index contributed by atoms with van der Waals surface area (Å²) in [7, 11) is 0. The molecule has 1 aromatic heterocycles. The lowest BCUT2D eigenvalue weighted by Crippen LogP contribution is -2.48. The monoisotopic (exact) mass is 254 g/mol. The molecule has 1 aromatic rings. The molecule has 2 heterocycles. The van der Waals surface area contributed by atoms with Gasteiger partial charge in [0.2, 0.25) is 0 Å². The zero-order chi connectivity index (χ0) is 13.3. The fourth-order valence-electron chi connectivity index (χ4n) is 2.04. The first-order chi connectivity index (χ1) is 8.47. The molecule has 0 saturated carbocycles. The van der Waals surface area contributed by atoms with Gasteiger partial charge in [-0.05, 0) is 19.9 Å². The van der Waals surface area contributed by atoms with Gasteiger partial charge in [0.15, 0.2) is 5.76 Å². The molecule has 7 heteroatoms. The molecule has 0 spiro atoms. The van der Waals surface area contributed by atoms with Crippen LogP contribution >= 0.6 is 0 Å². The molecule has 18 heavy (non-hydrogen) atoms. The summed E-state index contributed by atoms with van der Waals surface area (Å²) in [5.41, 5.74) is 0. The third-order valence-electron chi connectivity index (χ3n) is 2.69. The number of amides is 1. The van der Waals surface area contributed by atoms with Crippen LogP contribution in [0.25, 0.3) is 0 Å². The first-order valence-corrected chi connectivity index (χ1v) is 5.66. The molecule has 0 aromatic carbocycles. The maximum absolute atomic E-state index is 12.1. The molecule has 0 unspecified atom stereocenters. The van der Waals surface area contributed by atoms with Crippen LogP contribution in [0, 0.1) is 10.1 Å². The molecule has 2 atom stereocenters. The standard InChI is InChI=1S/C11H14N2O5/c1-7-5-12(6-8(2)17-7)11(14)9-3-4-10(18-9)13(15)16/h3-4,7-8H,5-6H2,1-2H3/t7-,8-/m1/s1. The number of rotatable bonds is 2. The highest BCUT2D eigenvalue weighted by atomic mass is 16.6. The number of nitro groups is 1. The van der Waals surface area contributed by atoms with Crippen molar-refractivity contribution in [1.29, 1.82) is 0 Å². The van der Waals surface area contributed by atoms with Crippen LogP contribution in [0.3, 0.4) is 0 Å². The van der Waals surface area contributed by atoms with Crippen LogP contribution in [0.1, 0.15) is 24.4 Å². The van der Waals surface area contributed by atoms with Gasteiger partial charge >= 0.3 is 5.88 Å². The van der Waals surface area contributed by atoms with Gasteiger partial charge in [-0.3, -0.25) is 14.9 Å². The zero-order valence-corrected chi connectivity index (χ0v) is 10.2. The van der Waals surface area contributed by atoms with E-state index in [1.54, 1.807) is 4.90 Å². The van der Waals surface area contributed by atoms with Gasteiger partial charge in [0.1, 0.15) is 4.92 Å². The highest BCUT2D eigenvalue weighted by molar-refractivity contribution is 5.91. The number of hydrogen-bond acceptors (Lipinski definition) is 5. The van der Waals surface area contributed by atoms with Crippen molar-refractivity contribution in [3.63, 3.8) is 0 Å². The fourth-order valence-corrected chi connectivity index (χ4v) is 2.04. The largest absolute Gasteiger partial charge is 0.433 e. The van der Waals surface area contributed by atoms with Gasteiger partial charge < -0.3 is 14.1 Å². The Bertz CT molecular complexity index is 460. The summed E-state index contributed by atoms with van der Waals surface area (Å²) in [4.78, 5) is 23.5. The lowest BCUT2D eigenvalue weighted by Gasteiger charge is -2.34. The predicted octanol–water partition coefficient (Wildman–Crippen LogP) is 1.44. The summed E-state index contributed by atoms with van der Waals surface area (Å²) < 4.78 is 10.4. The van der Waals surface area contributed by atoms with Crippen molar-refractivity contribution in [2.24, 2.45) is 0 Å². The average molecular weight is 254 g/mol. The molecule has 1 fully saturated rings. The maximum atomic E-state index is 12.1. The smallest absolute Gasteiger partial charge is 0.395 e. The van der Waals surface area contributed by atoms with E-state index in [0.717, 1.165) is 0 Å². The SMILES string of the molecule is C[C@@H]1CN(C(=O)c2ccc([N+](=O)[O-])o2)C[C@@H](C)O1. The number of nitrogens with zero attached hydrogens (tertiary/aromatic N) is 2. The van der Waals surface area contributed by atoms with Crippen LogP contribution in [0.15, 0.2) is 16.5 Å². The van der Waals surface area contributed by atoms with E-state index in [9.17, 15) is 14.9 Å². The van der Waals surface area contributed by atoms with Crippen molar-refractivity contribution >= 4 is 11.8 Å². The van der Waals surface area contributed by atoms with Gasteiger partial charge in [-0.25, -0.2) is 0 Å². The number of morpholine rings is 1. The Labute approximate surface area is 103 Å². The van der Waals surface area contributed by atoms with Gasteiger partial charge in [0.25, 0.3) is 5.91 Å². The molecule has 7 nitrogen and oxygen atoms in total. The number of carbonyl (C=O) groups is 1. The molecule has 1 saturated heterocycles. The van der Waals surface area contributed by atoms with Gasteiger partial charge in [-0.15, -0.1) is 0 Å².